The highest BCUT2D eigenvalue weighted by atomic mass is 32.1. The van der Waals surface area contributed by atoms with E-state index in [4.69, 9.17) is 9.47 Å². The first-order valence-electron chi connectivity index (χ1n) is 12.5. The number of amides is 2. The number of fused-ring (bicyclic) bond motifs is 2. The van der Waals surface area contributed by atoms with Gasteiger partial charge in [-0.3, -0.25) is 14.5 Å². The maximum atomic E-state index is 13.3. The first-order chi connectivity index (χ1) is 19.1. The van der Waals surface area contributed by atoms with E-state index in [1.54, 1.807) is 50.4 Å². The molecule has 4 aromatic heterocycles. The molecule has 0 aliphatic rings. The highest BCUT2D eigenvalue weighted by Gasteiger charge is 2.25. The molecule has 0 bridgehead atoms. The van der Waals surface area contributed by atoms with Gasteiger partial charge in [-0.25, -0.2) is 19.6 Å². The largest absolute Gasteiger partial charge is 0.461 e. The van der Waals surface area contributed by atoms with Crippen LogP contribution in [-0.4, -0.2) is 44.5 Å². The summed E-state index contributed by atoms with van der Waals surface area (Å²) in [6.45, 7) is 7.59. The Morgan fingerprint density at radius 2 is 1.93 bits per heavy atom. The molecular formula is C28H27N5O5S2. The molecule has 5 aromatic rings. The lowest BCUT2D eigenvalue weighted by Gasteiger charge is -2.18. The third kappa shape index (κ3) is 5.82. The molecule has 0 aliphatic carbocycles. The molecule has 0 spiro atoms. The lowest BCUT2D eigenvalue weighted by atomic mass is 10.2. The molecule has 5 rings (SSSR count). The van der Waals surface area contributed by atoms with E-state index in [1.165, 1.54) is 22.7 Å². The number of imidazole rings is 1. The van der Waals surface area contributed by atoms with Crippen LogP contribution >= 0.6 is 22.7 Å². The number of thiazole rings is 1. The minimum absolute atomic E-state index is 0.220. The molecule has 2 N–H and O–H groups in total. The van der Waals surface area contributed by atoms with Gasteiger partial charge in [0.05, 0.1) is 22.4 Å². The van der Waals surface area contributed by atoms with E-state index in [0.29, 0.717) is 22.0 Å². The van der Waals surface area contributed by atoms with E-state index < -0.39 is 17.7 Å². The number of nitrogens with one attached hydrogen (secondary N) is 2. The number of hydrogen-bond donors (Lipinski definition) is 2. The van der Waals surface area contributed by atoms with Gasteiger partial charge >= 0.3 is 12.1 Å². The Balaban J connectivity index is 1.36. The van der Waals surface area contributed by atoms with Gasteiger partial charge in [-0.05, 0) is 69.0 Å². The van der Waals surface area contributed by atoms with Crippen LogP contribution in [0.3, 0.4) is 0 Å². The lowest BCUT2D eigenvalue weighted by molar-refractivity contribution is 0.0518. The molecule has 2 amide bonds. The Hall–Kier alpha value is -4.29. The van der Waals surface area contributed by atoms with Crippen LogP contribution in [0.25, 0.3) is 27.1 Å². The van der Waals surface area contributed by atoms with Crippen LogP contribution < -0.4 is 10.6 Å². The second-order valence-electron chi connectivity index (χ2n) is 9.79. The fourth-order valence-corrected chi connectivity index (χ4v) is 5.60. The van der Waals surface area contributed by atoms with Crippen molar-refractivity contribution >= 4 is 61.6 Å². The molecule has 0 aliphatic heterocycles. The number of pyridine rings is 1. The van der Waals surface area contributed by atoms with Crippen LogP contribution in [0.1, 0.15) is 54.1 Å². The second kappa shape index (κ2) is 11.1. The van der Waals surface area contributed by atoms with E-state index in [0.717, 1.165) is 21.3 Å². The Morgan fingerprint density at radius 3 is 2.65 bits per heavy atom. The summed E-state index contributed by atoms with van der Waals surface area (Å²) in [5.41, 5.74) is 3.18. The number of ether oxygens (including phenoxy) is 2. The van der Waals surface area contributed by atoms with Gasteiger partial charge in [0.25, 0.3) is 5.91 Å². The summed E-state index contributed by atoms with van der Waals surface area (Å²) in [4.78, 5) is 47.3. The van der Waals surface area contributed by atoms with Crippen LogP contribution in [0.4, 0.5) is 9.93 Å². The summed E-state index contributed by atoms with van der Waals surface area (Å²) in [5, 5.41) is 9.83. The monoisotopic (exact) mass is 577 g/mol. The highest BCUT2D eigenvalue weighted by molar-refractivity contribution is 7.22. The lowest BCUT2D eigenvalue weighted by Crippen LogP contribution is -2.27. The van der Waals surface area contributed by atoms with Crippen molar-refractivity contribution in [3.63, 3.8) is 0 Å². The Bertz CT molecular complexity index is 1720. The Morgan fingerprint density at radius 1 is 1.10 bits per heavy atom. The average molecular weight is 578 g/mol. The van der Waals surface area contributed by atoms with Gasteiger partial charge in [-0.1, -0.05) is 17.4 Å². The predicted octanol–water partition coefficient (Wildman–Crippen LogP) is 6.13. The van der Waals surface area contributed by atoms with E-state index in [1.807, 2.05) is 35.0 Å². The fraction of sp³-hybridized carbons (Fsp3) is 0.250. The van der Waals surface area contributed by atoms with Crippen LogP contribution in [0, 0.1) is 0 Å². The van der Waals surface area contributed by atoms with Gasteiger partial charge in [0, 0.05) is 23.7 Å². The van der Waals surface area contributed by atoms with Crippen LogP contribution in [0.5, 0.6) is 0 Å². The van der Waals surface area contributed by atoms with Gasteiger partial charge < -0.3 is 14.8 Å². The van der Waals surface area contributed by atoms with Crippen molar-refractivity contribution in [2.75, 3.05) is 11.9 Å². The van der Waals surface area contributed by atoms with Crippen molar-refractivity contribution in [3.8, 4) is 11.3 Å². The third-order valence-corrected chi connectivity index (χ3v) is 7.29. The number of thiophene rings is 1. The summed E-state index contributed by atoms with van der Waals surface area (Å²) in [7, 11) is 0. The number of hydrogen-bond acceptors (Lipinski definition) is 9. The second-order valence-corrected chi connectivity index (χ2v) is 11.6. The number of rotatable bonds is 7. The molecule has 206 valence electrons. The average Bonchev–Trinajstić information content (AvgIpc) is 3.63. The molecule has 0 radical (unpaired) electrons. The predicted molar refractivity (Wildman–Crippen MR) is 155 cm³/mol. The van der Waals surface area contributed by atoms with Crippen LogP contribution in [0.2, 0.25) is 0 Å². The molecule has 0 saturated heterocycles. The summed E-state index contributed by atoms with van der Waals surface area (Å²) >= 11 is 2.81. The van der Waals surface area contributed by atoms with Crippen molar-refractivity contribution in [3.05, 3.63) is 70.2 Å². The van der Waals surface area contributed by atoms with Crippen LogP contribution in [-0.2, 0) is 16.0 Å². The number of esters is 1. The van der Waals surface area contributed by atoms with Gasteiger partial charge in [-0.15, -0.1) is 0 Å². The molecule has 12 heteroatoms. The molecule has 40 heavy (non-hydrogen) atoms. The molecule has 0 fully saturated rings. The SMILES string of the molecule is CCOC(=O)c1c(-c2ccsc2)nc2c(C(=O)NCc3ccc4nc(NC(=O)OC(C)(C)C)sc4c3)cccn12. The summed E-state index contributed by atoms with van der Waals surface area (Å²) < 4.78 is 13.0. The zero-order chi connectivity index (χ0) is 28.4. The topological polar surface area (TPSA) is 124 Å². The Kier molecular flexibility index (Phi) is 7.55. The van der Waals surface area contributed by atoms with Gasteiger partial charge in [0.1, 0.15) is 11.3 Å². The number of aromatic nitrogens is 3. The minimum atomic E-state index is -0.612. The molecule has 4 heterocycles. The molecule has 10 nitrogen and oxygen atoms in total. The first kappa shape index (κ1) is 27.3. The van der Waals surface area contributed by atoms with E-state index >= 15 is 0 Å². The number of benzene rings is 1. The highest BCUT2D eigenvalue weighted by Crippen LogP contribution is 2.29. The summed E-state index contributed by atoms with van der Waals surface area (Å²) in [6.07, 6.45) is 1.13. The summed E-state index contributed by atoms with van der Waals surface area (Å²) in [6, 6.07) is 10.9. The molecule has 0 unspecified atom stereocenters. The number of anilines is 1. The first-order valence-corrected chi connectivity index (χ1v) is 14.3. The summed E-state index contributed by atoms with van der Waals surface area (Å²) in [5.74, 6) is -0.841. The van der Waals surface area contributed by atoms with E-state index in [-0.39, 0.29) is 24.8 Å². The van der Waals surface area contributed by atoms with Crippen molar-refractivity contribution in [1.82, 2.24) is 19.7 Å². The van der Waals surface area contributed by atoms with Gasteiger partial charge in [0.2, 0.25) is 0 Å². The quantitative estimate of drug-likeness (QED) is 0.223. The van der Waals surface area contributed by atoms with Gasteiger partial charge in [0.15, 0.2) is 16.5 Å². The maximum Gasteiger partial charge on any atom is 0.413 e. The van der Waals surface area contributed by atoms with E-state index in [2.05, 4.69) is 20.6 Å². The number of carbonyl (C=O) groups is 3. The molecule has 1 aromatic carbocycles. The van der Waals surface area contributed by atoms with Crippen molar-refractivity contribution in [1.29, 1.82) is 0 Å². The zero-order valence-corrected chi connectivity index (χ0v) is 23.9. The molecular weight excluding hydrogens is 550 g/mol. The molecule has 0 saturated carbocycles. The minimum Gasteiger partial charge on any atom is -0.461 e. The van der Waals surface area contributed by atoms with Gasteiger partial charge in [-0.2, -0.15) is 11.3 Å². The maximum absolute atomic E-state index is 13.3. The van der Waals surface area contributed by atoms with Crippen LogP contribution in [0.15, 0.2) is 53.4 Å². The zero-order valence-electron chi connectivity index (χ0n) is 22.3. The number of carbonyl (C=O) groups excluding carboxylic acids is 3. The Labute approximate surface area is 238 Å². The smallest absolute Gasteiger partial charge is 0.413 e. The standard InChI is InChI=1S/C28H27N5O5S2/c1-5-37-25(35)22-21(17-10-12-39-15-17)31-23-18(7-6-11-33(22)23)24(34)29-14-16-8-9-19-20(13-16)40-26(30-19)32-27(36)38-28(2,3)4/h6-13,15H,5,14H2,1-4H3,(H,29,34)(H,30,32,36). The fourth-order valence-electron chi connectivity index (χ4n) is 4.04. The number of nitrogens with zero attached hydrogens (tertiary/aromatic N) is 3. The van der Waals surface area contributed by atoms with Crippen molar-refractivity contribution < 1.29 is 23.9 Å². The van der Waals surface area contributed by atoms with Crippen molar-refractivity contribution in [2.45, 2.75) is 39.8 Å². The van der Waals surface area contributed by atoms with E-state index in [9.17, 15) is 14.4 Å². The normalized spacial score (nSPS) is 11.5. The third-order valence-electron chi connectivity index (χ3n) is 5.67. The molecule has 0 atom stereocenters. The van der Waals surface area contributed by atoms with Crippen molar-refractivity contribution in [2.24, 2.45) is 0 Å².